The SMILES string of the molecule is CN(C(=O)C1CCNC1)C1CCN(c2ccccc2Cl)C1=O. The van der Waals surface area contributed by atoms with Crippen LogP contribution in [0.15, 0.2) is 24.3 Å². The van der Waals surface area contributed by atoms with Gasteiger partial charge in [-0.2, -0.15) is 0 Å². The lowest BCUT2D eigenvalue weighted by Gasteiger charge is -2.26. The number of nitrogens with zero attached hydrogens (tertiary/aromatic N) is 2. The van der Waals surface area contributed by atoms with Gasteiger partial charge in [-0.05, 0) is 31.5 Å². The molecular formula is C16H20ClN3O2. The van der Waals surface area contributed by atoms with E-state index in [9.17, 15) is 9.59 Å². The second-order valence-electron chi connectivity index (χ2n) is 5.88. The highest BCUT2D eigenvalue weighted by Gasteiger charge is 2.39. The second-order valence-corrected chi connectivity index (χ2v) is 6.29. The number of carbonyl (C=O) groups is 2. The summed E-state index contributed by atoms with van der Waals surface area (Å²) in [6, 6.07) is 6.93. The van der Waals surface area contributed by atoms with E-state index in [1.807, 2.05) is 18.2 Å². The number of amides is 2. The molecule has 2 fully saturated rings. The molecule has 3 rings (SSSR count). The van der Waals surface area contributed by atoms with Crippen molar-refractivity contribution in [1.82, 2.24) is 10.2 Å². The zero-order valence-electron chi connectivity index (χ0n) is 12.6. The van der Waals surface area contributed by atoms with Gasteiger partial charge in [-0.3, -0.25) is 9.59 Å². The highest BCUT2D eigenvalue weighted by molar-refractivity contribution is 6.34. The number of rotatable bonds is 3. The van der Waals surface area contributed by atoms with Crippen molar-refractivity contribution in [2.24, 2.45) is 5.92 Å². The molecule has 0 radical (unpaired) electrons. The van der Waals surface area contributed by atoms with E-state index in [4.69, 9.17) is 11.6 Å². The molecule has 0 bridgehead atoms. The standard InChI is InChI=1S/C16H20ClN3O2/c1-19(15(21)11-6-8-18-10-11)14-7-9-20(16(14)22)13-5-3-2-4-12(13)17/h2-5,11,14,18H,6-10H2,1H3. The van der Waals surface area contributed by atoms with Crippen molar-refractivity contribution in [1.29, 1.82) is 0 Å². The van der Waals surface area contributed by atoms with E-state index in [1.54, 1.807) is 22.9 Å². The zero-order chi connectivity index (χ0) is 15.7. The lowest BCUT2D eigenvalue weighted by Crippen LogP contribution is -2.45. The summed E-state index contributed by atoms with van der Waals surface area (Å²) in [5.74, 6) is 0.00595. The quantitative estimate of drug-likeness (QED) is 0.918. The fraction of sp³-hybridized carbons (Fsp3) is 0.500. The van der Waals surface area contributed by atoms with Crippen molar-refractivity contribution >= 4 is 29.1 Å². The smallest absolute Gasteiger partial charge is 0.249 e. The van der Waals surface area contributed by atoms with Crippen molar-refractivity contribution in [2.45, 2.75) is 18.9 Å². The third-order valence-electron chi connectivity index (χ3n) is 4.55. The first-order chi connectivity index (χ1) is 10.6. The third-order valence-corrected chi connectivity index (χ3v) is 4.86. The summed E-state index contributed by atoms with van der Waals surface area (Å²) in [5.41, 5.74) is 0.722. The first-order valence-corrected chi connectivity index (χ1v) is 8.00. The van der Waals surface area contributed by atoms with E-state index in [2.05, 4.69) is 5.32 Å². The normalized spacial score (nSPS) is 24.8. The van der Waals surface area contributed by atoms with Crippen molar-refractivity contribution < 1.29 is 9.59 Å². The average Bonchev–Trinajstić information content (AvgIpc) is 3.16. The van der Waals surface area contributed by atoms with Crippen molar-refractivity contribution in [3.05, 3.63) is 29.3 Å². The van der Waals surface area contributed by atoms with E-state index in [0.717, 1.165) is 18.7 Å². The Kier molecular flexibility index (Phi) is 4.36. The molecule has 2 aliphatic heterocycles. The van der Waals surface area contributed by atoms with E-state index in [0.29, 0.717) is 24.5 Å². The Balaban J connectivity index is 1.73. The molecule has 2 atom stereocenters. The van der Waals surface area contributed by atoms with Gasteiger partial charge in [-0.1, -0.05) is 23.7 Å². The van der Waals surface area contributed by atoms with Gasteiger partial charge in [0.1, 0.15) is 6.04 Å². The molecule has 0 aromatic heterocycles. The van der Waals surface area contributed by atoms with Crippen molar-refractivity contribution in [3.8, 4) is 0 Å². The van der Waals surface area contributed by atoms with Gasteiger partial charge in [0.25, 0.3) is 0 Å². The molecule has 1 N–H and O–H groups in total. The summed E-state index contributed by atoms with van der Waals surface area (Å²) in [5, 5.41) is 3.75. The van der Waals surface area contributed by atoms with E-state index >= 15 is 0 Å². The summed E-state index contributed by atoms with van der Waals surface area (Å²) in [6.45, 7) is 2.17. The molecule has 118 valence electrons. The molecule has 2 saturated heterocycles. The summed E-state index contributed by atoms with van der Waals surface area (Å²) >= 11 is 6.18. The van der Waals surface area contributed by atoms with Crippen LogP contribution in [0.25, 0.3) is 0 Å². The van der Waals surface area contributed by atoms with E-state index in [1.165, 1.54) is 0 Å². The number of benzene rings is 1. The molecule has 6 heteroatoms. The van der Waals surface area contributed by atoms with E-state index < -0.39 is 0 Å². The molecule has 0 spiro atoms. The number of likely N-dealkylation sites (N-methyl/N-ethyl adjacent to an activating group) is 1. The molecule has 5 nitrogen and oxygen atoms in total. The number of para-hydroxylation sites is 1. The number of nitrogens with one attached hydrogen (secondary N) is 1. The maximum atomic E-state index is 12.7. The first kappa shape index (κ1) is 15.3. The largest absolute Gasteiger partial charge is 0.333 e. The van der Waals surface area contributed by atoms with Gasteiger partial charge >= 0.3 is 0 Å². The van der Waals surface area contributed by atoms with Crippen molar-refractivity contribution in [3.63, 3.8) is 0 Å². The topological polar surface area (TPSA) is 52.7 Å². The molecule has 0 saturated carbocycles. The van der Waals surface area contributed by atoms with Gasteiger partial charge in [0.15, 0.2) is 0 Å². The van der Waals surface area contributed by atoms with Crippen LogP contribution in [0, 0.1) is 5.92 Å². The molecule has 1 aromatic carbocycles. The molecule has 0 aliphatic carbocycles. The van der Waals surface area contributed by atoms with Crippen LogP contribution in [0.4, 0.5) is 5.69 Å². The number of anilines is 1. The molecule has 1 aromatic rings. The summed E-state index contributed by atoms with van der Waals surface area (Å²) in [7, 11) is 1.74. The van der Waals surface area contributed by atoms with Crippen LogP contribution in [0.2, 0.25) is 5.02 Å². The average molecular weight is 322 g/mol. The summed E-state index contributed by atoms with van der Waals surface area (Å²) < 4.78 is 0. The minimum absolute atomic E-state index is 0.00726. The molecule has 22 heavy (non-hydrogen) atoms. The van der Waals surface area contributed by atoms with Crippen LogP contribution in [0.3, 0.4) is 0 Å². The fourth-order valence-corrected chi connectivity index (χ4v) is 3.48. The Labute approximate surface area is 135 Å². The molecule has 2 amide bonds. The van der Waals surface area contributed by atoms with Gasteiger partial charge in [0.2, 0.25) is 11.8 Å². The summed E-state index contributed by atoms with van der Waals surface area (Å²) in [4.78, 5) is 28.5. The lowest BCUT2D eigenvalue weighted by atomic mass is 10.1. The Morgan fingerprint density at radius 1 is 1.36 bits per heavy atom. The van der Waals surface area contributed by atoms with Crippen LogP contribution >= 0.6 is 11.6 Å². The Bertz CT molecular complexity index is 587. The maximum absolute atomic E-state index is 12.7. The van der Waals surface area contributed by atoms with Gasteiger partial charge in [0, 0.05) is 20.1 Å². The van der Waals surface area contributed by atoms with Crippen LogP contribution in [0.5, 0.6) is 0 Å². The second kappa shape index (κ2) is 6.26. The van der Waals surface area contributed by atoms with Crippen LogP contribution in [0.1, 0.15) is 12.8 Å². The number of hydrogen-bond donors (Lipinski definition) is 1. The van der Waals surface area contributed by atoms with Crippen LogP contribution in [-0.2, 0) is 9.59 Å². The lowest BCUT2D eigenvalue weighted by molar-refractivity contribution is -0.139. The highest BCUT2D eigenvalue weighted by atomic mass is 35.5. The van der Waals surface area contributed by atoms with Crippen LogP contribution in [-0.4, -0.2) is 49.4 Å². The molecular weight excluding hydrogens is 302 g/mol. The zero-order valence-corrected chi connectivity index (χ0v) is 13.3. The number of hydrogen-bond acceptors (Lipinski definition) is 3. The monoisotopic (exact) mass is 321 g/mol. The molecule has 2 unspecified atom stereocenters. The fourth-order valence-electron chi connectivity index (χ4n) is 3.24. The maximum Gasteiger partial charge on any atom is 0.249 e. The third kappa shape index (κ3) is 2.71. The predicted molar refractivity (Wildman–Crippen MR) is 86.0 cm³/mol. The number of halogens is 1. The molecule has 2 aliphatic rings. The van der Waals surface area contributed by atoms with E-state index in [-0.39, 0.29) is 23.8 Å². The molecule has 2 heterocycles. The van der Waals surface area contributed by atoms with Gasteiger partial charge in [-0.15, -0.1) is 0 Å². The minimum Gasteiger partial charge on any atom is -0.333 e. The Morgan fingerprint density at radius 3 is 2.82 bits per heavy atom. The van der Waals surface area contributed by atoms with Gasteiger partial charge in [-0.25, -0.2) is 0 Å². The number of carbonyl (C=O) groups excluding carboxylic acids is 2. The van der Waals surface area contributed by atoms with Gasteiger partial charge < -0.3 is 15.1 Å². The Hall–Kier alpha value is -1.59. The Morgan fingerprint density at radius 2 is 2.14 bits per heavy atom. The minimum atomic E-state index is -0.385. The van der Waals surface area contributed by atoms with Gasteiger partial charge in [0.05, 0.1) is 16.6 Å². The first-order valence-electron chi connectivity index (χ1n) is 7.63. The highest BCUT2D eigenvalue weighted by Crippen LogP contribution is 2.30. The summed E-state index contributed by atoms with van der Waals surface area (Å²) in [6.07, 6.45) is 1.49. The predicted octanol–water partition coefficient (Wildman–Crippen LogP) is 1.51. The van der Waals surface area contributed by atoms with Crippen molar-refractivity contribution in [2.75, 3.05) is 31.6 Å². The van der Waals surface area contributed by atoms with Crippen LogP contribution < -0.4 is 10.2 Å².